The molecule has 1 aromatic carbocycles. The summed E-state index contributed by atoms with van der Waals surface area (Å²) < 4.78 is 13.4. The molecule has 90 valence electrons. The Balaban J connectivity index is 2.74. The molecular weight excluding hydrogens is 221 g/mol. The molecule has 0 saturated heterocycles. The standard InChI is InChI=1S/C12H14FN3O/c1-15-12(17)8-16(2)7-10-5-9(6-14)3-4-11(10)13/h3-5H,7-8H2,1-2H3,(H,15,17). The van der Waals surface area contributed by atoms with Crippen molar-refractivity contribution >= 4 is 5.91 Å². The first-order valence-electron chi connectivity index (χ1n) is 5.14. The van der Waals surface area contributed by atoms with Crippen molar-refractivity contribution in [2.45, 2.75) is 6.54 Å². The average molecular weight is 235 g/mol. The number of benzene rings is 1. The monoisotopic (exact) mass is 235 g/mol. The van der Waals surface area contributed by atoms with Gasteiger partial charge in [-0.15, -0.1) is 0 Å². The second-order valence-electron chi connectivity index (χ2n) is 3.76. The molecule has 0 heterocycles. The molecule has 0 spiro atoms. The summed E-state index contributed by atoms with van der Waals surface area (Å²) in [6.45, 7) is 0.474. The molecule has 0 atom stereocenters. The van der Waals surface area contributed by atoms with Crippen molar-refractivity contribution in [3.63, 3.8) is 0 Å². The summed E-state index contributed by atoms with van der Waals surface area (Å²) >= 11 is 0. The van der Waals surface area contributed by atoms with Crippen LogP contribution < -0.4 is 5.32 Å². The molecule has 0 fully saturated rings. The molecule has 0 aromatic heterocycles. The van der Waals surface area contributed by atoms with Crippen molar-refractivity contribution in [3.05, 3.63) is 35.1 Å². The molecule has 17 heavy (non-hydrogen) atoms. The molecule has 1 amide bonds. The number of nitriles is 1. The van der Waals surface area contributed by atoms with Crippen LogP contribution >= 0.6 is 0 Å². The zero-order valence-electron chi connectivity index (χ0n) is 9.83. The Labute approximate surface area is 99.7 Å². The third kappa shape index (κ3) is 3.85. The highest BCUT2D eigenvalue weighted by molar-refractivity contribution is 5.77. The molecular formula is C12H14FN3O. The average Bonchev–Trinajstić information content (AvgIpc) is 2.31. The maximum absolute atomic E-state index is 13.4. The Morgan fingerprint density at radius 1 is 1.59 bits per heavy atom. The van der Waals surface area contributed by atoms with Crippen LogP contribution in [0.1, 0.15) is 11.1 Å². The predicted octanol–water partition coefficient (Wildman–Crippen LogP) is 0.875. The van der Waals surface area contributed by atoms with E-state index in [4.69, 9.17) is 5.26 Å². The number of nitrogens with one attached hydrogen (secondary N) is 1. The predicted molar refractivity (Wildman–Crippen MR) is 61.5 cm³/mol. The fourth-order valence-corrected chi connectivity index (χ4v) is 1.44. The summed E-state index contributed by atoms with van der Waals surface area (Å²) in [5.74, 6) is -0.503. The van der Waals surface area contributed by atoms with E-state index in [2.05, 4.69) is 5.32 Å². The van der Waals surface area contributed by atoms with Gasteiger partial charge in [-0.05, 0) is 25.2 Å². The summed E-state index contributed by atoms with van der Waals surface area (Å²) in [6, 6.07) is 6.14. The summed E-state index contributed by atoms with van der Waals surface area (Å²) in [7, 11) is 3.26. The van der Waals surface area contributed by atoms with E-state index < -0.39 is 0 Å². The lowest BCUT2D eigenvalue weighted by Gasteiger charge is -2.16. The number of carbonyl (C=O) groups excluding carboxylic acids is 1. The van der Waals surface area contributed by atoms with E-state index in [1.54, 1.807) is 19.0 Å². The van der Waals surface area contributed by atoms with Gasteiger partial charge in [-0.1, -0.05) is 0 Å². The fourth-order valence-electron chi connectivity index (χ4n) is 1.44. The minimum Gasteiger partial charge on any atom is -0.358 e. The summed E-state index contributed by atoms with van der Waals surface area (Å²) in [5.41, 5.74) is 0.824. The molecule has 4 nitrogen and oxygen atoms in total. The lowest BCUT2D eigenvalue weighted by Crippen LogP contribution is -2.32. The third-order valence-electron chi connectivity index (χ3n) is 2.31. The van der Waals surface area contributed by atoms with Crippen LogP contribution in [0.15, 0.2) is 18.2 Å². The highest BCUT2D eigenvalue weighted by Gasteiger charge is 2.09. The second kappa shape index (κ2) is 5.97. The Bertz CT molecular complexity index is 454. The normalized spacial score (nSPS) is 10.1. The van der Waals surface area contributed by atoms with Crippen LogP contribution in [0.3, 0.4) is 0 Å². The van der Waals surface area contributed by atoms with Crippen LogP contribution in [0.4, 0.5) is 4.39 Å². The van der Waals surface area contributed by atoms with Crippen molar-refractivity contribution in [1.82, 2.24) is 10.2 Å². The van der Waals surface area contributed by atoms with Gasteiger partial charge in [0.1, 0.15) is 5.82 Å². The van der Waals surface area contributed by atoms with Gasteiger partial charge in [0.25, 0.3) is 0 Å². The Kier molecular flexibility index (Phi) is 4.61. The molecule has 1 N–H and O–H groups in total. The molecule has 0 aliphatic carbocycles. The highest BCUT2D eigenvalue weighted by Crippen LogP contribution is 2.11. The first-order valence-corrected chi connectivity index (χ1v) is 5.14. The molecule has 0 unspecified atom stereocenters. The molecule has 1 rings (SSSR count). The number of hydrogen-bond donors (Lipinski definition) is 1. The zero-order chi connectivity index (χ0) is 12.8. The number of halogens is 1. The fraction of sp³-hybridized carbons (Fsp3) is 0.333. The SMILES string of the molecule is CNC(=O)CN(C)Cc1cc(C#N)ccc1F. The molecule has 0 bridgehead atoms. The van der Waals surface area contributed by atoms with Gasteiger partial charge in [0, 0.05) is 19.2 Å². The van der Waals surface area contributed by atoms with Crippen molar-refractivity contribution < 1.29 is 9.18 Å². The van der Waals surface area contributed by atoms with Gasteiger partial charge in [0.15, 0.2) is 0 Å². The number of amides is 1. The third-order valence-corrected chi connectivity index (χ3v) is 2.31. The van der Waals surface area contributed by atoms with E-state index in [0.29, 0.717) is 11.1 Å². The van der Waals surface area contributed by atoms with E-state index in [9.17, 15) is 9.18 Å². The molecule has 0 saturated carbocycles. The van der Waals surface area contributed by atoms with E-state index in [1.165, 1.54) is 18.2 Å². The Morgan fingerprint density at radius 2 is 2.29 bits per heavy atom. The number of rotatable bonds is 4. The van der Waals surface area contributed by atoms with Gasteiger partial charge in [0.2, 0.25) is 5.91 Å². The smallest absolute Gasteiger partial charge is 0.233 e. The molecule has 1 aromatic rings. The molecule has 0 aliphatic rings. The van der Waals surface area contributed by atoms with Gasteiger partial charge in [-0.2, -0.15) is 5.26 Å². The summed E-state index contributed by atoms with van der Waals surface area (Å²) in [6.07, 6.45) is 0. The van der Waals surface area contributed by atoms with Gasteiger partial charge in [-0.25, -0.2) is 4.39 Å². The van der Waals surface area contributed by atoms with E-state index in [0.717, 1.165) is 0 Å². The first-order chi connectivity index (χ1) is 8.06. The maximum atomic E-state index is 13.4. The number of carbonyl (C=O) groups is 1. The summed E-state index contributed by atoms with van der Waals surface area (Å²) in [5, 5.41) is 11.2. The molecule has 0 radical (unpaired) electrons. The number of likely N-dealkylation sites (N-methyl/N-ethyl adjacent to an activating group) is 2. The minimum atomic E-state index is -0.368. The number of nitrogens with zero attached hydrogens (tertiary/aromatic N) is 2. The van der Waals surface area contributed by atoms with Gasteiger partial charge in [0.05, 0.1) is 18.2 Å². The van der Waals surface area contributed by atoms with Crippen LogP contribution in [0, 0.1) is 17.1 Å². The van der Waals surface area contributed by atoms with Crippen LogP contribution in [0.5, 0.6) is 0 Å². The molecule has 0 aliphatic heterocycles. The topological polar surface area (TPSA) is 56.1 Å². The Morgan fingerprint density at radius 3 is 2.88 bits per heavy atom. The lowest BCUT2D eigenvalue weighted by molar-refractivity contribution is -0.121. The number of hydrogen-bond acceptors (Lipinski definition) is 3. The zero-order valence-corrected chi connectivity index (χ0v) is 9.83. The van der Waals surface area contributed by atoms with Crippen LogP contribution in [-0.4, -0.2) is 31.4 Å². The van der Waals surface area contributed by atoms with Crippen molar-refractivity contribution in [3.8, 4) is 6.07 Å². The van der Waals surface area contributed by atoms with Gasteiger partial charge >= 0.3 is 0 Å². The second-order valence-corrected chi connectivity index (χ2v) is 3.76. The quantitative estimate of drug-likeness (QED) is 0.842. The minimum absolute atomic E-state index is 0.135. The van der Waals surface area contributed by atoms with Crippen molar-refractivity contribution in [2.75, 3.05) is 20.6 Å². The maximum Gasteiger partial charge on any atom is 0.233 e. The van der Waals surface area contributed by atoms with E-state index in [-0.39, 0.29) is 24.8 Å². The largest absolute Gasteiger partial charge is 0.358 e. The molecule has 5 heteroatoms. The lowest BCUT2D eigenvalue weighted by atomic mass is 10.1. The summed E-state index contributed by atoms with van der Waals surface area (Å²) in [4.78, 5) is 12.8. The first kappa shape index (κ1) is 13.1. The van der Waals surface area contributed by atoms with Crippen molar-refractivity contribution in [1.29, 1.82) is 5.26 Å². The van der Waals surface area contributed by atoms with Gasteiger partial charge in [-0.3, -0.25) is 9.69 Å². The van der Waals surface area contributed by atoms with E-state index >= 15 is 0 Å². The van der Waals surface area contributed by atoms with Crippen LogP contribution in [-0.2, 0) is 11.3 Å². The Hall–Kier alpha value is -1.93. The van der Waals surface area contributed by atoms with Crippen molar-refractivity contribution in [2.24, 2.45) is 0 Å². The van der Waals surface area contributed by atoms with Crippen LogP contribution in [0.2, 0.25) is 0 Å². The van der Waals surface area contributed by atoms with Crippen LogP contribution in [0.25, 0.3) is 0 Å². The van der Waals surface area contributed by atoms with E-state index in [1.807, 2.05) is 6.07 Å². The highest BCUT2D eigenvalue weighted by atomic mass is 19.1. The van der Waals surface area contributed by atoms with Gasteiger partial charge < -0.3 is 5.32 Å².